The van der Waals surface area contributed by atoms with E-state index in [0.29, 0.717) is 17.9 Å². The van der Waals surface area contributed by atoms with Crippen molar-refractivity contribution in [2.24, 2.45) is 0 Å². The number of aromatic nitrogens is 1. The predicted molar refractivity (Wildman–Crippen MR) is 112 cm³/mol. The standard InChI is InChI=1S/C21H23N3O3S/c1-4-14-9-10-28-21(14)27-16-7-5-15(6-8-16)23-20(25)17-11-13(2)18(12-26-3)24-19(17)22/h5-11H,4,12H2,1-3H3,(H2,22,24)(H,23,25). The monoisotopic (exact) mass is 397 g/mol. The molecule has 7 heteroatoms. The predicted octanol–water partition coefficient (Wildman–Crippen LogP) is 4.79. The van der Waals surface area contributed by atoms with Gasteiger partial charge in [0.25, 0.3) is 5.91 Å². The highest BCUT2D eigenvalue weighted by molar-refractivity contribution is 7.12. The van der Waals surface area contributed by atoms with E-state index < -0.39 is 0 Å². The number of carbonyl (C=O) groups is 1. The van der Waals surface area contributed by atoms with Crippen molar-refractivity contribution in [2.45, 2.75) is 26.9 Å². The van der Waals surface area contributed by atoms with Crippen molar-refractivity contribution < 1.29 is 14.3 Å². The lowest BCUT2D eigenvalue weighted by Gasteiger charge is -2.11. The van der Waals surface area contributed by atoms with Crippen molar-refractivity contribution in [3.05, 3.63) is 64.2 Å². The first kappa shape index (κ1) is 19.9. The van der Waals surface area contributed by atoms with Crippen molar-refractivity contribution >= 4 is 28.7 Å². The van der Waals surface area contributed by atoms with Crippen LogP contribution in [-0.4, -0.2) is 18.0 Å². The molecule has 2 aromatic heterocycles. The van der Waals surface area contributed by atoms with E-state index in [-0.39, 0.29) is 11.7 Å². The molecule has 28 heavy (non-hydrogen) atoms. The van der Waals surface area contributed by atoms with E-state index in [1.165, 1.54) is 5.56 Å². The summed E-state index contributed by atoms with van der Waals surface area (Å²) in [5.41, 5.74) is 9.70. The second-order valence-electron chi connectivity index (χ2n) is 6.29. The Hall–Kier alpha value is -2.90. The molecule has 0 unspecified atom stereocenters. The van der Waals surface area contributed by atoms with Crippen LogP contribution in [0.4, 0.5) is 11.5 Å². The van der Waals surface area contributed by atoms with Crippen LogP contribution < -0.4 is 15.8 Å². The maximum Gasteiger partial charge on any atom is 0.259 e. The number of ether oxygens (including phenoxy) is 2. The minimum atomic E-state index is -0.308. The first-order chi connectivity index (χ1) is 13.5. The van der Waals surface area contributed by atoms with Gasteiger partial charge in [-0.15, -0.1) is 11.3 Å². The Morgan fingerprint density at radius 1 is 1.25 bits per heavy atom. The van der Waals surface area contributed by atoms with Gasteiger partial charge in [0.15, 0.2) is 5.06 Å². The van der Waals surface area contributed by atoms with Crippen LogP contribution in [0.2, 0.25) is 0 Å². The third kappa shape index (κ3) is 4.49. The van der Waals surface area contributed by atoms with Crippen LogP contribution in [0.3, 0.4) is 0 Å². The topological polar surface area (TPSA) is 86.5 Å². The maximum atomic E-state index is 12.6. The van der Waals surface area contributed by atoms with Gasteiger partial charge in [0.2, 0.25) is 0 Å². The van der Waals surface area contributed by atoms with Crippen LogP contribution in [0, 0.1) is 6.92 Å². The number of hydrogen-bond acceptors (Lipinski definition) is 6. The second-order valence-corrected chi connectivity index (χ2v) is 7.16. The number of anilines is 2. The van der Waals surface area contributed by atoms with Gasteiger partial charge in [0.05, 0.1) is 17.9 Å². The Labute approximate surface area is 168 Å². The van der Waals surface area contributed by atoms with Crippen molar-refractivity contribution in [3.63, 3.8) is 0 Å². The molecule has 3 rings (SSSR count). The molecule has 3 N–H and O–H groups in total. The Kier molecular flexibility index (Phi) is 6.28. The van der Waals surface area contributed by atoms with E-state index in [1.54, 1.807) is 36.6 Å². The summed E-state index contributed by atoms with van der Waals surface area (Å²) in [7, 11) is 1.59. The van der Waals surface area contributed by atoms with E-state index >= 15 is 0 Å². The third-order valence-electron chi connectivity index (χ3n) is 4.28. The number of nitrogens with two attached hydrogens (primary N) is 1. The van der Waals surface area contributed by atoms with Gasteiger partial charge in [-0.1, -0.05) is 6.92 Å². The largest absolute Gasteiger partial charge is 0.446 e. The highest BCUT2D eigenvalue weighted by Gasteiger charge is 2.14. The van der Waals surface area contributed by atoms with Gasteiger partial charge in [-0.05, 0) is 60.7 Å². The van der Waals surface area contributed by atoms with Crippen LogP contribution in [0.5, 0.6) is 10.8 Å². The molecule has 0 aliphatic carbocycles. The Bertz CT molecular complexity index is 968. The highest BCUT2D eigenvalue weighted by Crippen LogP contribution is 2.32. The average molecular weight is 398 g/mol. The highest BCUT2D eigenvalue weighted by atomic mass is 32.1. The smallest absolute Gasteiger partial charge is 0.259 e. The molecule has 0 aliphatic heterocycles. The summed E-state index contributed by atoms with van der Waals surface area (Å²) in [6.07, 6.45) is 0.922. The lowest BCUT2D eigenvalue weighted by Crippen LogP contribution is -2.16. The zero-order valence-corrected chi connectivity index (χ0v) is 16.9. The summed E-state index contributed by atoms with van der Waals surface area (Å²) in [6, 6.07) is 11.0. The molecule has 0 saturated heterocycles. The molecule has 0 fully saturated rings. The van der Waals surface area contributed by atoms with Crippen molar-refractivity contribution in [2.75, 3.05) is 18.2 Å². The minimum Gasteiger partial charge on any atom is -0.446 e. The van der Waals surface area contributed by atoms with Gasteiger partial charge in [-0.25, -0.2) is 4.98 Å². The number of benzene rings is 1. The Balaban J connectivity index is 1.70. The van der Waals surface area contributed by atoms with Crippen LogP contribution in [0.1, 0.15) is 34.1 Å². The summed E-state index contributed by atoms with van der Waals surface area (Å²) in [5, 5.41) is 5.75. The van der Waals surface area contributed by atoms with Gasteiger partial charge >= 0.3 is 0 Å². The molecule has 146 valence electrons. The van der Waals surface area contributed by atoms with E-state index in [4.69, 9.17) is 15.2 Å². The molecule has 1 amide bonds. The first-order valence-electron chi connectivity index (χ1n) is 8.92. The molecule has 0 atom stereocenters. The fraction of sp³-hybridized carbons (Fsp3) is 0.238. The van der Waals surface area contributed by atoms with Gasteiger partial charge in [-0.2, -0.15) is 0 Å². The SMILES string of the molecule is CCc1ccsc1Oc1ccc(NC(=O)c2cc(C)c(COC)nc2N)cc1. The van der Waals surface area contributed by atoms with E-state index in [0.717, 1.165) is 28.5 Å². The van der Waals surface area contributed by atoms with Crippen LogP contribution in [0.25, 0.3) is 0 Å². The van der Waals surface area contributed by atoms with E-state index in [1.807, 2.05) is 24.4 Å². The summed E-state index contributed by atoms with van der Waals surface area (Å²) in [4.78, 5) is 16.9. The molecule has 0 bridgehead atoms. The summed E-state index contributed by atoms with van der Waals surface area (Å²) < 4.78 is 11.0. The number of nitrogens with one attached hydrogen (secondary N) is 1. The molecule has 0 radical (unpaired) electrons. The molecular formula is C21H23N3O3S. The molecular weight excluding hydrogens is 374 g/mol. The number of pyridine rings is 1. The Morgan fingerprint density at radius 2 is 2.00 bits per heavy atom. The fourth-order valence-electron chi connectivity index (χ4n) is 2.72. The molecule has 0 saturated carbocycles. The maximum absolute atomic E-state index is 12.6. The number of nitrogens with zero attached hydrogens (tertiary/aromatic N) is 1. The third-order valence-corrected chi connectivity index (χ3v) is 5.11. The average Bonchev–Trinajstić information content (AvgIpc) is 3.13. The molecule has 3 aromatic rings. The minimum absolute atomic E-state index is 0.180. The van der Waals surface area contributed by atoms with Crippen molar-refractivity contribution in [3.8, 4) is 10.8 Å². The summed E-state index contributed by atoms with van der Waals surface area (Å²) in [6.45, 7) is 4.32. The van der Waals surface area contributed by atoms with Crippen molar-refractivity contribution in [1.29, 1.82) is 0 Å². The number of hydrogen-bond donors (Lipinski definition) is 2. The molecule has 6 nitrogen and oxygen atoms in total. The number of nitrogen functional groups attached to an aromatic ring is 1. The molecule has 2 heterocycles. The number of amides is 1. The number of carbonyl (C=O) groups excluding carboxylic acids is 1. The summed E-state index contributed by atoms with van der Waals surface area (Å²) >= 11 is 1.57. The van der Waals surface area contributed by atoms with Gasteiger partial charge < -0.3 is 20.5 Å². The van der Waals surface area contributed by atoms with Crippen LogP contribution in [-0.2, 0) is 17.8 Å². The quantitative estimate of drug-likeness (QED) is 0.599. The lowest BCUT2D eigenvalue weighted by atomic mass is 10.1. The van der Waals surface area contributed by atoms with Crippen LogP contribution >= 0.6 is 11.3 Å². The Morgan fingerprint density at radius 3 is 2.68 bits per heavy atom. The zero-order chi connectivity index (χ0) is 20.1. The number of rotatable bonds is 7. The number of methoxy groups -OCH3 is 1. The lowest BCUT2D eigenvalue weighted by molar-refractivity contribution is 0.102. The molecule has 0 aliphatic rings. The van der Waals surface area contributed by atoms with Crippen molar-refractivity contribution in [1.82, 2.24) is 4.98 Å². The van der Waals surface area contributed by atoms with Gasteiger partial charge in [0, 0.05) is 18.4 Å². The first-order valence-corrected chi connectivity index (χ1v) is 9.80. The van der Waals surface area contributed by atoms with E-state index in [2.05, 4.69) is 23.3 Å². The van der Waals surface area contributed by atoms with Gasteiger partial charge in [-0.3, -0.25) is 4.79 Å². The van der Waals surface area contributed by atoms with Crippen LogP contribution in [0.15, 0.2) is 41.8 Å². The molecule has 0 spiro atoms. The summed E-state index contributed by atoms with van der Waals surface area (Å²) in [5.74, 6) is 0.591. The normalized spacial score (nSPS) is 10.7. The van der Waals surface area contributed by atoms with Gasteiger partial charge in [0.1, 0.15) is 11.6 Å². The number of thiophene rings is 1. The second kappa shape index (κ2) is 8.86. The number of aryl methyl sites for hydroxylation is 2. The van der Waals surface area contributed by atoms with E-state index in [9.17, 15) is 4.79 Å². The zero-order valence-electron chi connectivity index (χ0n) is 16.1. The fourth-order valence-corrected chi connectivity index (χ4v) is 3.58. The molecule has 1 aromatic carbocycles.